The first-order valence-electron chi connectivity index (χ1n) is 5.74. The number of methoxy groups -OCH3 is 1. The highest BCUT2D eigenvalue weighted by Gasteiger charge is 2.45. The minimum atomic E-state index is 0.723. The Kier molecular flexibility index (Phi) is 2.17. The summed E-state index contributed by atoms with van der Waals surface area (Å²) in [5.74, 6) is 3.55. The number of para-hydroxylation sites is 1. The maximum Gasteiger partial charge on any atom is 0.122 e. The molecule has 0 amide bonds. The van der Waals surface area contributed by atoms with Crippen molar-refractivity contribution in [3.8, 4) is 5.75 Å². The van der Waals surface area contributed by atoms with Gasteiger partial charge in [-0.1, -0.05) is 18.2 Å². The Balaban J connectivity index is 1.87. The summed E-state index contributed by atoms with van der Waals surface area (Å²) in [5.41, 5.74) is 1.41. The molecule has 2 fully saturated rings. The molecule has 3 atom stereocenters. The Morgan fingerprint density at radius 1 is 1.27 bits per heavy atom. The predicted molar refractivity (Wildman–Crippen MR) is 60.2 cm³/mol. The van der Waals surface area contributed by atoms with Gasteiger partial charge in [0.1, 0.15) is 5.75 Å². The van der Waals surface area contributed by atoms with Crippen LogP contribution in [0.1, 0.15) is 17.9 Å². The van der Waals surface area contributed by atoms with Crippen molar-refractivity contribution in [2.45, 2.75) is 12.3 Å². The molecular weight excluding hydrogens is 186 g/mol. The van der Waals surface area contributed by atoms with Crippen LogP contribution in [0.15, 0.2) is 24.3 Å². The summed E-state index contributed by atoms with van der Waals surface area (Å²) in [7, 11) is 1.77. The third-order valence-electron chi connectivity index (χ3n) is 4.00. The summed E-state index contributed by atoms with van der Waals surface area (Å²) < 4.78 is 5.43. The van der Waals surface area contributed by atoms with Crippen LogP contribution in [-0.2, 0) is 0 Å². The van der Waals surface area contributed by atoms with Crippen molar-refractivity contribution in [3.63, 3.8) is 0 Å². The van der Waals surface area contributed by atoms with Crippen molar-refractivity contribution >= 4 is 0 Å². The summed E-state index contributed by atoms with van der Waals surface area (Å²) in [6.45, 7) is 2.41. The average molecular weight is 203 g/mol. The molecule has 1 saturated carbocycles. The van der Waals surface area contributed by atoms with Gasteiger partial charge in [-0.05, 0) is 48.9 Å². The van der Waals surface area contributed by atoms with Gasteiger partial charge in [0.2, 0.25) is 0 Å². The zero-order valence-corrected chi connectivity index (χ0v) is 9.07. The zero-order chi connectivity index (χ0) is 10.3. The maximum atomic E-state index is 5.43. The van der Waals surface area contributed by atoms with E-state index in [4.69, 9.17) is 4.74 Å². The molecule has 1 aliphatic carbocycles. The molecule has 1 aromatic carbocycles. The van der Waals surface area contributed by atoms with Crippen LogP contribution in [0.25, 0.3) is 0 Å². The molecule has 1 N–H and O–H groups in total. The molecule has 15 heavy (non-hydrogen) atoms. The second kappa shape index (κ2) is 3.53. The van der Waals surface area contributed by atoms with Crippen LogP contribution in [0, 0.1) is 11.8 Å². The first kappa shape index (κ1) is 9.22. The number of fused-ring (bicyclic) bond motifs is 1. The number of ether oxygens (including phenoxy) is 1. The van der Waals surface area contributed by atoms with Gasteiger partial charge < -0.3 is 10.1 Å². The largest absolute Gasteiger partial charge is 0.496 e. The van der Waals surface area contributed by atoms with E-state index in [1.165, 1.54) is 25.1 Å². The molecule has 1 heterocycles. The fraction of sp³-hybridized carbons (Fsp3) is 0.538. The normalized spacial score (nSPS) is 33.3. The minimum absolute atomic E-state index is 0.723. The van der Waals surface area contributed by atoms with Crippen molar-refractivity contribution in [2.75, 3.05) is 20.2 Å². The van der Waals surface area contributed by atoms with Crippen molar-refractivity contribution < 1.29 is 4.74 Å². The molecule has 1 aliphatic heterocycles. The van der Waals surface area contributed by atoms with Gasteiger partial charge in [0.15, 0.2) is 0 Å². The van der Waals surface area contributed by atoms with Crippen LogP contribution in [-0.4, -0.2) is 20.2 Å². The van der Waals surface area contributed by atoms with Crippen molar-refractivity contribution in [1.29, 1.82) is 0 Å². The Bertz CT molecular complexity index is 363. The van der Waals surface area contributed by atoms with Gasteiger partial charge >= 0.3 is 0 Å². The first-order chi connectivity index (χ1) is 7.40. The topological polar surface area (TPSA) is 21.3 Å². The monoisotopic (exact) mass is 203 g/mol. The van der Waals surface area contributed by atoms with Gasteiger partial charge in [0, 0.05) is 0 Å². The Morgan fingerprint density at radius 3 is 2.93 bits per heavy atom. The van der Waals surface area contributed by atoms with Gasteiger partial charge in [-0.15, -0.1) is 0 Å². The Hall–Kier alpha value is -1.02. The fourth-order valence-electron chi connectivity index (χ4n) is 3.12. The fourth-order valence-corrected chi connectivity index (χ4v) is 3.12. The first-order valence-corrected chi connectivity index (χ1v) is 5.74. The van der Waals surface area contributed by atoms with E-state index in [2.05, 4.69) is 23.5 Å². The molecular formula is C13H17NO. The van der Waals surface area contributed by atoms with E-state index in [0.29, 0.717) is 0 Å². The summed E-state index contributed by atoms with van der Waals surface area (Å²) in [5, 5.41) is 3.48. The molecule has 0 radical (unpaired) electrons. The lowest BCUT2D eigenvalue weighted by Crippen LogP contribution is -2.33. The van der Waals surface area contributed by atoms with Crippen LogP contribution in [0.3, 0.4) is 0 Å². The van der Waals surface area contributed by atoms with Gasteiger partial charge in [0.05, 0.1) is 7.11 Å². The number of nitrogens with one attached hydrogen (secondary N) is 1. The summed E-state index contributed by atoms with van der Waals surface area (Å²) >= 11 is 0. The zero-order valence-electron chi connectivity index (χ0n) is 9.07. The SMILES string of the molecule is COc1ccccc1[C@@H]1C[C@H]2CNC[C@H]21. The van der Waals surface area contributed by atoms with E-state index in [0.717, 1.165) is 23.5 Å². The third kappa shape index (κ3) is 1.36. The van der Waals surface area contributed by atoms with Crippen LogP contribution in [0.5, 0.6) is 5.75 Å². The standard InChI is InChI=1S/C13H17NO/c1-15-13-5-3-2-4-10(13)11-6-9-7-14-8-12(9)11/h2-5,9,11-12,14H,6-8H2,1H3/t9-,11-,12+/m0/s1. The van der Waals surface area contributed by atoms with Gasteiger partial charge in [-0.25, -0.2) is 0 Å². The molecule has 1 saturated heterocycles. The lowest BCUT2D eigenvalue weighted by Gasteiger charge is -2.40. The quantitative estimate of drug-likeness (QED) is 0.794. The molecule has 2 heteroatoms. The molecule has 1 aromatic rings. The minimum Gasteiger partial charge on any atom is -0.496 e. The average Bonchev–Trinajstić information content (AvgIpc) is 2.61. The molecule has 3 rings (SSSR count). The van der Waals surface area contributed by atoms with Crippen LogP contribution in [0.4, 0.5) is 0 Å². The molecule has 0 unspecified atom stereocenters. The molecule has 80 valence electrons. The predicted octanol–water partition coefficient (Wildman–Crippen LogP) is 2.02. The third-order valence-corrected chi connectivity index (χ3v) is 4.00. The van der Waals surface area contributed by atoms with Crippen LogP contribution in [0.2, 0.25) is 0 Å². The highest BCUT2D eigenvalue weighted by Crippen LogP contribution is 2.50. The molecule has 0 aromatic heterocycles. The number of rotatable bonds is 2. The van der Waals surface area contributed by atoms with E-state index >= 15 is 0 Å². The Labute approximate surface area is 90.6 Å². The lowest BCUT2D eigenvalue weighted by atomic mass is 9.64. The lowest BCUT2D eigenvalue weighted by molar-refractivity contribution is 0.187. The highest BCUT2D eigenvalue weighted by molar-refractivity contribution is 5.38. The van der Waals surface area contributed by atoms with Gasteiger partial charge in [-0.3, -0.25) is 0 Å². The van der Waals surface area contributed by atoms with Crippen molar-refractivity contribution in [2.24, 2.45) is 11.8 Å². The van der Waals surface area contributed by atoms with E-state index in [9.17, 15) is 0 Å². The van der Waals surface area contributed by atoms with E-state index in [-0.39, 0.29) is 0 Å². The van der Waals surface area contributed by atoms with Gasteiger partial charge in [-0.2, -0.15) is 0 Å². The van der Waals surface area contributed by atoms with Crippen LogP contribution >= 0.6 is 0 Å². The second-order valence-electron chi connectivity index (χ2n) is 4.67. The highest BCUT2D eigenvalue weighted by atomic mass is 16.5. The number of benzene rings is 1. The Morgan fingerprint density at radius 2 is 2.13 bits per heavy atom. The molecule has 2 aliphatic rings. The molecule has 0 spiro atoms. The number of hydrogen-bond donors (Lipinski definition) is 1. The number of hydrogen-bond acceptors (Lipinski definition) is 2. The van der Waals surface area contributed by atoms with Crippen molar-refractivity contribution in [1.82, 2.24) is 5.32 Å². The smallest absolute Gasteiger partial charge is 0.122 e. The molecule has 2 nitrogen and oxygen atoms in total. The summed E-state index contributed by atoms with van der Waals surface area (Å²) in [6, 6.07) is 8.46. The maximum absolute atomic E-state index is 5.43. The van der Waals surface area contributed by atoms with Crippen LogP contribution < -0.4 is 10.1 Å². The van der Waals surface area contributed by atoms with E-state index in [1.807, 2.05) is 6.07 Å². The summed E-state index contributed by atoms with van der Waals surface area (Å²) in [4.78, 5) is 0. The second-order valence-corrected chi connectivity index (χ2v) is 4.67. The summed E-state index contributed by atoms with van der Waals surface area (Å²) in [6.07, 6.45) is 1.33. The van der Waals surface area contributed by atoms with Crippen molar-refractivity contribution in [3.05, 3.63) is 29.8 Å². The van der Waals surface area contributed by atoms with E-state index < -0.39 is 0 Å². The van der Waals surface area contributed by atoms with E-state index in [1.54, 1.807) is 7.11 Å². The molecule has 0 bridgehead atoms. The van der Waals surface area contributed by atoms with Gasteiger partial charge in [0.25, 0.3) is 0 Å².